The van der Waals surface area contributed by atoms with Crippen LogP contribution in [0.2, 0.25) is 0 Å². The smallest absolute Gasteiger partial charge is 0.253 e. The van der Waals surface area contributed by atoms with Gasteiger partial charge in [0, 0.05) is 18.8 Å². The average Bonchev–Trinajstić information content (AvgIpc) is 2.41. The van der Waals surface area contributed by atoms with Gasteiger partial charge in [-0.2, -0.15) is 0 Å². The lowest BCUT2D eigenvalue weighted by Crippen LogP contribution is -2.50. The Morgan fingerprint density at radius 2 is 2.39 bits per heavy atom. The molecule has 2 heterocycles. The van der Waals surface area contributed by atoms with Crippen LogP contribution in [0.5, 0.6) is 5.88 Å². The van der Waals surface area contributed by atoms with Crippen molar-refractivity contribution in [3.63, 3.8) is 0 Å². The number of rotatable bonds is 3. The summed E-state index contributed by atoms with van der Waals surface area (Å²) in [6.45, 7) is 0.676. The number of amides is 2. The lowest BCUT2D eigenvalue weighted by atomic mass is 10.1. The number of nitrogens with one attached hydrogen (secondary N) is 2. The number of pyridine rings is 1. The summed E-state index contributed by atoms with van der Waals surface area (Å²) in [4.78, 5) is 27.3. The number of hydrogen-bond acceptors (Lipinski definition) is 4. The van der Waals surface area contributed by atoms with E-state index in [-0.39, 0.29) is 11.8 Å². The Hall–Kier alpha value is -2.11. The first-order valence-corrected chi connectivity index (χ1v) is 5.79. The molecule has 1 aliphatic heterocycles. The van der Waals surface area contributed by atoms with Gasteiger partial charge in [0.1, 0.15) is 6.04 Å². The molecule has 6 heteroatoms. The monoisotopic (exact) mass is 249 g/mol. The second kappa shape index (κ2) is 5.48. The van der Waals surface area contributed by atoms with Crippen LogP contribution in [0.4, 0.5) is 0 Å². The zero-order valence-corrected chi connectivity index (χ0v) is 10.1. The van der Waals surface area contributed by atoms with Crippen LogP contribution in [0.25, 0.3) is 0 Å². The molecule has 18 heavy (non-hydrogen) atoms. The maximum atomic E-state index is 11.9. The number of carbonyl (C=O) groups excluding carboxylic acids is 2. The molecule has 1 saturated heterocycles. The molecule has 1 aromatic rings. The second-order valence-corrected chi connectivity index (χ2v) is 4.05. The van der Waals surface area contributed by atoms with Gasteiger partial charge >= 0.3 is 0 Å². The fourth-order valence-corrected chi connectivity index (χ4v) is 1.79. The van der Waals surface area contributed by atoms with E-state index < -0.39 is 6.04 Å². The van der Waals surface area contributed by atoms with Gasteiger partial charge in [0.2, 0.25) is 11.8 Å². The summed E-state index contributed by atoms with van der Waals surface area (Å²) in [5.74, 6) is 0.0187. The molecule has 0 radical (unpaired) electrons. The number of methoxy groups -OCH3 is 1. The van der Waals surface area contributed by atoms with Gasteiger partial charge in [0.05, 0.1) is 12.7 Å². The van der Waals surface area contributed by atoms with E-state index in [9.17, 15) is 9.59 Å². The molecule has 96 valence electrons. The van der Waals surface area contributed by atoms with Crippen molar-refractivity contribution in [3.05, 3.63) is 23.9 Å². The maximum Gasteiger partial charge on any atom is 0.253 e. The van der Waals surface area contributed by atoms with Gasteiger partial charge in [0.15, 0.2) is 0 Å². The first kappa shape index (κ1) is 12.3. The van der Waals surface area contributed by atoms with Gasteiger partial charge in [-0.15, -0.1) is 0 Å². The van der Waals surface area contributed by atoms with E-state index in [2.05, 4.69) is 15.6 Å². The van der Waals surface area contributed by atoms with Crippen molar-refractivity contribution >= 4 is 11.8 Å². The van der Waals surface area contributed by atoms with E-state index in [1.165, 1.54) is 13.3 Å². The van der Waals surface area contributed by atoms with E-state index in [0.717, 1.165) is 6.42 Å². The Morgan fingerprint density at radius 1 is 1.56 bits per heavy atom. The van der Waals surface area contributed by atoms with Crippen molar-refractivity contribution in [2.75, 3.05) is 13.7 Å². The highest BCUT2D eigenvalue weighted by Crippen LogP contribution is 2.08. The molecule has 6 nitrogen and oxygen atoms in total. The van der Waals surface area contributed by atoms with Crippen LogP contribution in [0.3, 0.4) is 0 Å². The fourth-order valence-electron chi connectivity index (χ4n) is 1.79. The number of piperidine rings is 1. The number of ether oxygens (including phenoxy) is 1. The summed E-state index contributed by atoms with van der Waals surface area (Å²) < 4.78 is 4.91. The Labute approximate surface area is 105 Å². The van der Waals surface area contributed by atoms with Crippen molar-refractivity contribution < 1.29 is 14.3 Å². The molecule has 2 rings (SSSR count). The van der Waals surface area contributed by atoms with E-state index in [0.29, 0.717) is 24.4 Å². The Morgan fingerprint density at radius 3 is 3.00 bits per heavy atom. The van der Waals surface area contributed by atoms with Crippen molar-refractivity contribution in [3.8, 4) is 5.88 Å². The predicted octanol–water partition coefficient (Wildman–Crippen LogP) is 0.0986. The highest BCUT2D eigenvalue weighted by atomic mass is 16.5. The third kappa shape index (κ3) is 2.77. The zero-order valence-electron chi connectivity index (χ0n) is 10.1. The van der Waals surface area contributed by atoms with Crippen LogP contribution in [-0.4, -0.2) is 36.5 Å². The quantitative estimate of drug-likeness (QED) is 0.796. The minimum Gasteiger partial charge on any atom is -0.481 e. The number of aromatic nitrogens is 1. The van der Waals surface area contributed by atoms with E-state index in [1.54, 1.807) is 12.1 Å². The van der Waals surface area contributed by atoms with Crippen molar-refractivity contribution in [2.45, 2.75) is 18.9 Å². The third-order valence-electron chi connectivity index (χ3n) is 2.80. The van der Waals surface area contributed by atoms with Crippen molar-refractivity contribution in [1.29, 1.82) is 0 Å². The molecule has 1 atom stereocenters. The van der Waals surface area contributed by atoms with Gasteiger partial charge in [0.25, 0.3) is 5.91 Å². The molecule has 2 amide bonds. The van der Waals surface area contributed by atoms with Crippen LogP contribution in [0, 0.1) is 0 Å². The molecule has 0 spiro atoms. The molecular weight excluding hydrogens is 234 g/mol. The largest absolute Gasteiger partial charge is 0.481 e. The standard InChI is InChI=1S/C12H15N3O3/c1-18-10-5-4-8(7-14-10)11(16)15-9-3-2-6-13-12(9)17/h4-5,7,9H,2-3,6H2,1H3,(H,13,17)(H,15,16). The minimum absolute atomic E-state index is 0.129. The number of carbonyl (C=O) groups is 2. The number of nitrogens with zero attached hydrogens (tertiary/aromatic N) is 1. The van der Waals surface area contributed by atoms with Gasteiger partial charge in [-0.25, -0.2) is 4.98 Å². The van der Waals surface area contributed by atoms with E-state index in [1.807, 2.05) is 0 Å². The van der Waals surface area contributed by atoms with Gasteiger partial charge in [-0.05, 0) is 18.9 Å². The van der Waals surface area contributed by atoms with Crippen molar-refractivity contribution in [2.24, 2.45) is 0 Å². The van der Waals surface area contributed by atoms with Crippen LogP contribution in [-0.2, 0) is 4.79 Å². The lowest BCUT2D eigenvalue weighted by molar-refractivity contribution is -0.124. The second-order valence-electron chi connectivity index (χ2n) is 4.05. The van der Waals surface area contributed by atoms with Gasteiger partial charge in [-0.1, -0.05) is 0 Å². The Bertz CT molecular complexity index is 444. The highest BCUT2D eigenvalue weighted by Gasteiger charge is 2.23. The van der Waals surface area contributed by atoms with Gasteiger partial charge < -0.3 is 15.4 Å². The molecule has 1 unspecified atom stereocenters. The summed E-state index contributed by atoms with van der Waals surface area (Å²) in [6.07, 6.45) is 2.97. The Balaban J connectivity index is 2.00. The van der Waals surface area contributed by atoms with Crippen LogP contribution in [0.15, 0.2) is 18.3 Å². The molecule has 0 bridgehead atoms. The first-order valence-electron chi connectivity index (χ1n) is 5.79. The summed E-state index contributed by atoms with van der Waals surface area (Å²) in [5, 5.41) is 5.41. The van der Waals surface area contributed by atoms with E-state index in [4.69, 9.17) is 4.74 Å². The van der Waals surface area contributed by atoms with Crippen LogP contribution in [0.1, 0.15) is 23.2 Å². The highest BCUT2D eigenvalue weighted by molar-refractivity contribution is 5.97. The molecule has 0 aromatic carbocycles. The summed E-state index contributed by atoms with van der Waals surface area (Å²) in [7, 11) is 1.51. The first-order chi connectivity index (χ1) is 8.70. The maximum absolute atomic E-state index is 11.9. The normalized spacial score (nSPS) is 18.9. The predicted molar refractivity (Wildman–Crippen MR) is 64.3 cm³/mol. The molecule has 2 N–H and O–H groups in total. The average molecular weight is 249 g/mol. The SMILES string of the molecule is COc1ccc(C(=O)NC2CCCNC2=O)cn1. The lowest BCUT2D eigenvalue weighted by Gasteiger charge is -2.22. The van der Waals surface area contributed by atoms with E-state index >= 15 is 0 Å². The van der Waals surface area contributed by atoms with Crippen molar-refractivity contribution in [1.82, 2.24) is 15.6 Å². The summed E-state index contributed by atoms with van der Waals surface area (Å²) in [5.41, 5.74) is 0.411. The fraction of sp³-hybridized carbons (Fsp3) is 0.417. The summed E-state index contributed by atoms with van der Waals surface area (Å²) in [6, 6.07) is 2.77. The Kier molecular flexibility index (Phi) is 3.76. The van der Waals surface area contributed by atoms with Gasteiger partial charge in [-0.3, -0.25) is 9.59 Å². The molecule has 0 saturated carbocycles. The topological polar surface area (TPSA) is 80.3 Å². The molecule has 1 aromatic heterocycles. The minimum atomic E-state index is -0.451. The van der Waals surface area contributed by atoms with Crippen LogP contribution >= 0.6 is 0 Å². The molecule has 1 fully saturated rings. The van der Waals surface area contributed by atoms with Crippen LogP contribution < -0.4 is 15.4 Å². The third-order valence-corrected chi connectivity index (χ3v) is 2.80. The molecular formula is C12H15N3O3. The number of hydrogen-bond donors (Lipinski definition) is 2. The molecule has 1 aliphatic rings. The zero-order chi connectivity index (χ0) is 13.0. The molecule has 0 aliphatic carbocycles. The summed E-state index contributed by atoms with van der Waals surface area (Å²) >= 11 is 0.